The lowest BCUT2D eigenvalue weighted by molar-refractivity contribution is -0.132. The molecule has 1 saturated heterocycles. The first-order chi connectivity index (χ1) is 15.3. The summed E-state index contributed by atoms with van der Waals surface area (Å²) >= 11 is 1.52. The number of hydrogen-bond donors (Lipinski definition) is 0. The van der Waals surface area contributed by atoms with Gasteiger partial charge in [0.1, 0.15) is 17.9 Å². The van der Waals surface area contributed by atoms with E-state index in [1.807, 2.05) is 49.4 Å². The molecule has 1 aliphatic heterocycles. The standard InChI is InChI=1S/C24H24N4O3S/c1-16-13-17(9-12-26-16)15-31-18-5-7-19(8-6-18)32-21-10-11-25-14-20(21)24(2)22(29)27(3)23(30)28(24)4/h5-14H,15H2,1-4H3. The van der Waals surface area contributed by atoms with Crippen molar-refractivity contribution in [1.82, 2.24) is 19.8 Å². The summed E-state index contributed by atoms with van der Waals surface area (Å²) in [6, 6.07) is 13.3. The molecule has 0 spiro atoms. The SMILES string of the molecule is Cc1cc(COc2ccc(Sc3ccncc3C3(C)C(=O)N(C)C(=O)N3C)cc2)ccn1. The van der Waals surface area contributed by atoms with Gasteiger partial charge in [0.15, 0.2) is 0 Å². The number of pyridine rings is 2. The van der Waals surface area contributed by atoms with Crippen LogP contribution in [0.1, 0.15) is 23.7 Å². The van der Waals surface area contributed by atoms with E-state index in [9.17, 15) is 9.59 Å². The van der Waals surface area contributed by atoms with Crippen LogP contribution in [0.2, 0.25) is 0 Å². The lowest BCUT2D eigenvalue weighted by Crippen LogP contribution is -2.42. The number of carbonyl (C=O) groups is 2. The number of urea groups is 1. The van der Waals surface area contributed by atoms with E-state index in [4.69, 9.17) is 4.74 Å². The van der Waals surface area contributed by atoms with Gasteiger partial charge in [0.2, 0.25) is 0 Å². The second-order valence-electron chi connectivity index (χ2n) is 7.82. The third-order valence-electron chi connectivity index (χ3n) is 5.69. The summed E-state index contributed by atoms with van der Waals surface area (Å²) in [4.78, 5) is 38.2. The fourth-order valence-corrected chi connectivity index (χ4v) is 4.71. The first-order valence-electron chi connectivity index (χ1n) is 10.1. The molecule has 1 aliphatic rings. The number of hydrogen-bond acceptors (Lipinski definition) is 6. The highest BCUT2D eigenvalue weighted by atomic mass is 32.2. The molecule has 8 heteroatoms. The third kappa shape index (κ3) is 3.93. The van der Waals surface area contributed by atoms with Crippen molar-refractivity contribution in [3.8, 4) is 5.75 Å². The first kappa shape index (κ1) is 21.8. The molecule has 1 fully saturated rings. The largest absolute Gasteiger partial charge is 0.489 e. The molecular formula is C24H24N4O3S. The molecule has 32 heavy (non-hydrogen) atoms. The summed E-state index contributed by atoms with van der Waals surface area (Å²) in [6.07, 6.45) is 5.13. The number of amides is 3. The summed E-state index contributed by atoms with van der Waals surface area (Å²) < 4.78 is 5.88. The van der Waals surface area contributed by atoms with E-state index in [0.717, 1.165) is 31.7 Å². The molecule has 3 aromatic rings. The summed E-state index contributed by atoms with van der Waals surface area (Å²) in [5.74, 6) is 0.499. The van der Waals surface area contributed by atoms with Gasteiger partial charge in [0.25, 0.3) is 5.91 Å². The second-order valence-corrected chi connectivity index (χ2v) is 8.93. The van der Waals surface area contributed by atoms with Crippen LogP contribution in [0, 0.1) is 6.92 Å². The van der Waals surface area contributed by atoms with Gasteiger partial charge >= 0.3 is 6.03 Å². The molecule has 2 aromatic heterocycles. The number of benzene rings is 1. The van der Waals surface area contributed by atoms with E-state index < -0.39 is 5.54 Å². The maximum Gasteiger partial charge on any atom is 0.327 e. The molecule has 1 unspecified atom stereocenters. The molecule has 0 N–H and O–H groups in total. The predicted molar refractivity (Wildman–Crippen MR) is 121 cm³/mol. The Morgan fingerprint density at radius 2 is 1.81 bits per heavy atom. The molecule has 0 bridgehead atoms. The van der Waals surface area contributed by atoms with Crippen LogP contribution in [0.5, 0.6) is 5.75 Å². The van der Waals surface area contributed by atoms with E-state index in [-0.39, 0.29) is 11.9 Å². The Labute approximate surface area is 191 Å². The van der Waals surface area contributed by atoms with Crippen molar-refractivity contribution in [3.63, 3.8) is 0 Å². The van der Waals surface area contributed by atoms with Gasteiger partial charge in [-0.3, -0.25) is 19.7 Å². The molecule has 1 atom stereocenters. The molecule has 4 rings (SSSR count). The van der Waals surface area contributed by atoms with Crippen LogP contribution in [-0.2, 0) is 16.9 Å². The minimum atomic E-state index is -1.10. The average molecular weight is 449 g/mol. The van der Waals surface area contributed by atoms with E-state index in [0.29, 0.717) is 12.2 Å². The quantitative estimate of drug-likeness (QED) is 0.525. The Bertz CT molecular complexity index is 1170. The molecule has 3 heterocycles. The first-order valence-corrected chi connectivity index (χ1v) is 10.9. The van der Waals surface area contributed by atoms with E-state index >= 15 is 0 Å². The van der Waals surface area contributed by atoms with Gasteiger partial charge in [-0.05, 0) is 61.9 Å². The van der Waals surface area contributed by atoms with Gasteiger partial charge in [-0.1, -0.05) is 11.8 Å². The maximum atomic E-state index is 12.9. The van der Waals surface area contributed by atoms with Crippen molar-refractivity contribution < 1.29 is 14.3 Å². The van der Waals surface area contributed by atoms with Crippen LogP contribution in [-0.4, -0.2) is 45.8 Å². The third-order valence-corrected chi connectivity index (χ3v) is 6.77. The van der Waals surface area contributed by atoms with Crippen molar-refractivity contribution in [3.05, 3.63) is 77.9 Å². The van der Waals surface area contributed by atoms with Crippen molar-refractivity contribution in [1.29, 1.82) is 0 Å². The highest BCUT2D eigenvalue weighted by Gasteiger charge is 2.53. The Morgan fingerprint density at radius 1 is 1.06 bits per heavy atom. The van der Waals surface area contributed by atoms with Gasteiger partial charge in [-0.25, -0.2) is 4.79 Å². The van der Waals surface area contributed by atoms with Crippen LogP contribution >= 0.6 is 11.8 Å². The zero-order valence-corrected chi connectivity index (χ0v) is 19.2. The Morgan fingerprint density at radius 3 is 2.47 bits per heavy atom. The maximum absolute atomic E-state index is 12.9. The Kier molecular flexibility index (Phi) is 5.88. The Balaban J connectivity index is 1.52. The number of carbonyl (C=O) groups excluding carboxylic acids is 2. The van der Waals surface area contributed by atoms with E-state index in [1.165, 1.54) is 23.7 Å². The average Bonchev–Trinajstić information content (AvgIpc) is 2.95. The van der Waals surface area contributed by atoms with Crippen LogP contribution in [0.3, 0.4) is 0 Å². The van der Waals surface area contributed by atoms with E-state index in [2.05, 4.69) is 9.97 Å². The van der Waals surface area contributed by atoms with Crippen molar-refractivity contribution in [2.24, 2.45) is 0 Å². The summed E-state index contributed by atoms with van der Waals surface area (Å²) in [5, 5.41) is 0. The number of aromatic nitrogens is 2. The molecule has 0 radical (unpaired) electrons. The number of imide groups is 1. The molecule has 1 aromatic carbocycles. The lowest BCUT2D eigenvalue weighted by Gasteiger charge is -2.30. The van der Waals surface area contributed by atoms with Crippen LogP contribution in [0.4, 0.5) is 4.79 Å². The summed E-state index contributed by atoms with van der Waals surface area (Å²) in [6.45, 7) is 4.18. The molecule has 3 amide bonds. The highest BCUT2D eigenvalue weighted by molar-refractivity contribution is 7.99. The monoisotopic (exact) mass is 448 g/mol. The summed E-state index contributed by atoms with van der Waals surface area (Å²) in [5.41, 5.74) is 1.62. The lowest BCUT2D eigenvalue weighted by atomic mass is 9.92. The molecule has 7 nitrogen and oxygen atoms in total. The minimum Gasteiger partial charge on any atom is -0.489 e. The molecule has 0 saturated carbocycles. The highest BCUT2D eigenvalue weighted by Crippen LogP contribution is 2.41. The zero-order chi connectivity index (χ0) is 22.9. The van der Waals surface area contributed by atoms with Gasteiger partial charge in [-0.2, -0.15) is 0 Å². The van der Waals surface area contributed by atoms with Crippen LogP contribution in [0.15, 0.2) is 70.8 Å². The molecular weight excluding hydrogens is 424 g/mol. The van der Waals surface area contributed by atoms with Crippen LogP contribution in [0.25, 0.3) is 0 Å². The fourth-order valence-electron chi connectivity index (χ4n) is 3.70. The smallest absolute Gasteiger partial charge is 0.327 e. The van der Waals surface area contributed by atoms with Crippen molar-refractivity contribution >= 4 is 23.7 Å². The van der Waals surface area contributed by atoms with Crippen LogP contribution < -0.4 is 4.74 Å². The van der Waals surface area contributed by atoms with Gasteiger partial charge in [0, 0.05) is 53.7 Å². The Hall–Kier alpha value is -3.39. The number of ether oxygens (including phenoxy) is 1. The number of aryl methyl sites for hydroxylation is 1. The topological polar surface area (TPSA) is 75.6 Å². The fraction of sp³-hybridized carbons (Fsp3) is 0.250. The van der Waals surface area contributed by atoms with Crippen molar-refractivity contribution in [2.45, 2.75) is 35.8 Å². The molecule has 164 valence electrons. The predicted octanol–water partition coefficient (Wildman–Crippen LogP) is 4.25. The minimum absolute atomic E-state index is 0.269. The second kappa shape index (κ2) is 8.63. The normalized spacial score (nSPS) is 18.4. The number of rotatable bonds is 6. The zero-order valence-electron chi connectivity index (χ0n) is 18.4. The number of likely N-dealkylation sites (N-methyl/N-ethyl adjacent to an activating group) is 2. The van der Waals surface area contributed by atoms with Gasteiger partial charge in [-0.15, -0.1) is 0 Å². The van der Waals surface area contributed by atoms with Gasteiger partial charge in [0.05, 0.1) is 0 Å². The molecule has 0 aliphatic carbocycles. The van der Waals surface area contributed by atoms with Gasteiger partial charge < -0.3 is 9.64 Å². The summed E-state index contributed by atoms with van der Waals surface area (Å²) in [7, 11) is 3.14. The van der Waals surface area contributed by atoms with Crippen molar-refractivity contribution in [2.75, 3.05) is 14.1 Å². The van der Waals surface area contributed by atoms with E-state index in [1.54, 1.807) is 32.6 Å². The number of nitrogens with zero attached hydrogens (tertiary/aromatic N) is 4.